The van der Waals surface area contributed by atoms with Crippen molar-refractivity contribution in [2.75, 3.05) is 4.90 Å². The summed E-state index contributed by atoms with van der Waals surface area (Å²) in [5, 5.41) is 4.91. The summed E-state index contributed by atoms with van der Waals surface area (Å²) in [6.07, 6.45) is 6.68. The molecule has 0 bridgehead atoms. The molecule has 0 radical (unpaired) electrons. The van der Waals surface area contributed by atoms with Crippen LogP contribution < -0.4 is 4.90 Å². The van der Waals surface area contributed by atoms with Crippen molar-refractivity contribution in [1.82, 2.24) is 0 Å². The molecule has 2 aliphatic rings. The van der Waals surface area contributed by atoms with Gasteiger partial charge in [0.2, 0.25) is 0 Å². The lowest BCUT2D eigenvalue weighted by molar-refractivity contribution is 0.443. The molecule has 1 saturated carbocycles. The topological polar surface area (TPSA) is 3.24 Å². The van der Waals surface area contributed by atoms with Crippen LogP contribution in [0, 0.1) is 0 Å². The number of anilines is 3. The van der Waals surface area contributed by atoms with Crippen LogP contribution in [0.25, 0.3) is 66.1 Å². The van der Waals surface area contributed by atoms with Crippen molar-refractivity contribution in [2.45, 2.75) is 57.3 Å². The van der Waals surface area contributed by atoms with E-state index in [2.05, 4.69) is 213 Å². The first-order valence-electron chi connectivity index (χ1n) is 21.9. The van der Waals surface area contributed by atoms with Crippen molar-refractivity contribution >= 4 is 38.6 Å². The fourth-order valence-electron chi connectivity index (χ4n) is 10.6. The Hall–Kier alpha value is -6.70. The zero-order valence-electron chi connectivity index (χ0n) is 34.5. The number of nitrogens with zero attached hydrogens (tertiary/aromatic N) is 1. The number of rotatable bonds is 7. The quantitative estimate of drug-likeness (QED) is 0.156. The molecule has 1 heteroatoms. The van der Waals surface area contributed by atoms with Crippen LogP contribution in [0.5, 0.6) is 0 Å². The number of benzene rings is 9. The molecule has 290 valence electrons. The molecule has 0 saturated heterocycles. The second-order valence-electron chi connectivity index (χ2n) is 17.5. The second-order valence-corrected chi connectivity index (χ2v) is 17.5. The van der Waals surface area contributed by atoms with Crippen molar-refractivity contribution in [1.29, 1.82) is 0 Å². The lowest BCUT2D eigenvalue weighted by Gasteiger charge is -2.32. The SMILES string of the molecule is CC1(C)c2ccccc2-c2cc(N(c3ccc(-c4ccc(C5CCCCC5)cc4)cc3-c3ccccc3)c3c(-c4cccc5ccccc45)ccc4ccccc34)ccc21. The van der Waals surface area contributed by atoms with Gasteiger partial charge in [0.25, 0.3) is 0 Å². The van der Waals surface area contributed by atoms with Gasteiger partial charge in [0, 0.05) is 27.6 Å². The molecule has 60 heavy (non-hydrogen) atoms. The zero-order valence-corrected chi connectivity index (χ0v) is 34.5. The maximum Gasteiger partial charge on any atom is 0.0618 e. The molecule has 0 aliphatic heterocycles. The highest BCUT2D eigenvalue weighted by molar-refractivity contribution is 6.11. The third-order valence-electron chi connectivity index (χ3n) is 13.7. The first-order chi connectivity index (χ1) is 29.5. The van der Waals surface area contributed by atoms with Gasteiger partial charge in [-0.15, -0.1) is 0 Å². The Kier molecular flexibility index (Phi) is 9.00. The number of hydrogen-bond acceptors (Lipinski definition) is 1. The molecule has 0 spiro atoms. The Balaban J connectivity index is 1.19. The number of hydrogen-bond donors (Lipinski definition) is 0. The van der Waals surface area contributed by atoms with E-state index in [-0.39, 0.29) is 5.41 Å². The van der Waals surface area contributed by atoms with Crippen LogP contribution >= 0.6 is 0 Å². The van der Waals surface area contributed by atoms with E-state index in [1.165, 1.54) is 121 Å². The van der Waals surface area contributed by atoms with Gasteiger partial charge in [-0.25, -0.2) is 0 Å². The minimum absolute atomic E-state index is 0.0910. The Morgan fingerprint density at radius 3 is 1.88 bits per heavy atom. The number of fused-ring (bicyclic) bond motifs is 5. The Morgan fingerprint density at radius 2 is 1.07 bits per heavy atom. The summed E-state index contributed by atoms with van der Waals surface area (Å²) < 4.78 is 0. The van der Waals surface area contributed by atoms with Gasteiger partial charge in [0.05, 0.1) is 11.4 Å². The molecule has 9 aromatic carbocycles. The average molecular weight is 772 g/mol. The molecule has 0 unspecified atom stereocenters. The highest BCUT2D eigenvalue weighted by atomic mass is 15.1. The van der Waals surface area contributed by atoms with Crippen molar-refractivity contribution in [3.05, 3.63) is 211 Å². The maximum absolute atomic E-state index is 2.58. The summed E-state index contributed by atoms with van der Waals surface area (Å²) in [5.41, 5.74) is 17.5. The summed E-state index contributed by atoms with van der Waals surface area (Å²) in [5.74, 6) is 0.685. The minimum Gasteiger partial charge on any atom is -0.309 e. The zero-order chi connectivity index (χ0) is 40.2. The molecule has 0 amide bonds. The van der Waals surface area contributed by atoms with Crippen LogP contribution in [-0.4, -0.2) is 0 Å². The minimum atomic E-state index is -0.0910. The van der Waals surface area contributed by atoms with Gasteiger partial charge < -0.3 is 4.90 Å². The van der Waals surface area contributed by atoms with Gasteiger partial charge in [-0.3, -0.25) is 0 Å². The monoisotopic (exact) mass is 771 g/mol. The van der Waals surface area contributed by atoms with E-state index in [0.29, 0.717) is 5.92 Å². The van der Waals surface area contributed by atoms with Gasteiger partial charge in [0.1, 0.15) is 0 Å². The normalized spacial score (nSPS) is 14.6. The van der Waals surface area contributed by atoms with Crippen molar-refractivity contribution < 1.29 is 0 Å². The summed E-state index contributed by atoms with van der Waals surface area (Å²) in [6.45, 7) is 4.73. The van der Waals surface area contributed by atoms with E-state index in [4.69, 9.17) is 0 Å². The molecule has 2 aliphatic carbocycles. The third kappa shape index (κ3) is 6.15. The molecule has 11 rings (SSSR count). The first kappa shape index (κ1) is 36.4. The van der Waals surface area contributed by atoms with E-state index in [1.807, 2.05) is 0 Å². The molecule has 0 heterocycles. The van der Waals surface area contributed by atoms with Crippen LogP contribution in [0.1, 0.15) is 68.6 Å². The van der Waals surface area contributed by atoms with Crippen molar-refractivity contribution in [3.63, 3.8) is 0 Å². The molecular weight excluding hydrogens is 723 g/mol. The van der Waals surface area contributed by atoms with Crippen LogP contribution in [0.2, 0.25) is 0 Å². The maximum atomic E-state index is 2.58. The van der Waals surface area contributed by atoms with Crippen molar-refractivity contribution in [2.24, 2.45) is 0 Å². The van der Waals surface area contributed by atoms with E-state index in [9.17, 15) is 0 Å². The molecule has 0 aromatic heterocycles. The van der Waals surface area contributed by atoms with Crippen LogP contribution in [-0.2, 0) is 5.41 Å². The lowest BCUT2D eigenvalue weighted by atomic mass is 9.82. The van der Waals surface area contributed by atoms with Crippen LogP contribution in [0.3, 0.4) is 0 Å². The van der Waals surface area contributed by atoms with Crippen LogP contribution in [0.15, 0.2) is 194 Å². The predicted molar refractivity (Wildman–Crippen MR) is 256 cm³/mol. The Bertz CT molecular complexity index is 3030. The average Bonchev–Trinajstić information content (AvgIpc) is 3.54. The fraction of sp³-hybridized carbons (Fsp3) is 0.153. The molecule has 0 atom stereocenters. The van der Waals surface area contributed by atoms with Crippen LogP contribution in [0.4, 0.5) is 17.1 Å². The second kappa shape index (κ2) is 14.8. The van der Waals surface area contributed by atoms with Gasteiger partial charge in [-0.2, -0.15) is 0 Å². The van der Waals surface area contributed by atoms with E-state index in [0.717, 1.165) is 11.4 Å². The van der Waals surface area contributed by atoms with Gasteiger partial charge in [-0.1, -0.05) is 203 Å². The highest BCUT2D eigenvalue weighted by Gasteiger charge is 2.36. The highest BCUT2D eigenvalue weighted by Crippen LogP contribution is 2.54. The van der Waals surface area contributed by atoms with E-state index >= 15 is 0 Å². The van der Waals surface area contributed by atoms with Gasteiger partial charge >= 0.3 is 0 Å². The summed E-state index contributed by atoms with van der Waals surface area (Å²) >= 11 is 0. The first-order valence-corrected chi connectivity index (χ1v) is 21.9. The largest absolute Gasteiger partial charge is 0.309 e. The summed E-state index contributed by atoms with van der Waals surface area (Å²) in [4.78, 5) is 2.58. The molecular formula is C59H49N. The van der Waals surface area contributed by atoms with E-state index < -0.39 is 0 Å². The lowest BCUT2D eigenvalue weighted by Crippen LogP contribution is -2.16. The Morgan fingerprint density at radius 1 is 0.417 bits per heavy atom. The van der Waals surface area contributed by atoms with Gasteiger partial charge in [0.15, 0.2) is 0 Å². The standard InChI is InChI=1S/C59H49N/c1-59(2)55-27-14-13-25-51(55)54-39-47(34-36-56(54)59)60(58-49-24-12-10-21-45(49)32-35-52(58)50-26-15-22-43-20-9-11-23-48(43)50)57-37-33-46(38-53(57)44-18-7-4-8-19-44)42-30-28-41(29-31-42)40-16-5-3-6-17-40/h4,7-15,18-40H,3,5-6,16-17H2,1-2H3. The fourth-order valence-corrected chi connectivity index (χ4v) is 10.6. The van der Waals surface area contributed by atoms with E-state index in [1.54, 1.807) is 0 Å². The smallest absolute Gasteiger partial charge is 0.0618 e. The summed E-state index contributed by atoms with van der Waals surface area (Å²) in [6, 6.07) is 73.0. The molecule has 9 aromatic rings. The summed E-state index contributed by atoms with van der Waals surface area (Å²) in [7, 11) is 0. The predicted octanol–water partition coefficient (Wildman–Crippen LogP) is 16.8. The molecule has 1 fully saturated rings. The Labute approximate surface area is 354 Å². The van der Waals surface area contributed by atoms with Gasteiger partial charge in [-0.05, 0) is 109 Å². The third-order valence-corrected chi connectivity index (χ3v) is 13.7. The molecule has 1 nitrogen and oxygen atoms in total. The van der Waals surface area contributed by atoms with Crippen molar-refractivity contribution in [3.8, 4) is 44.5 Å². The molecule has 0 N–H and O–H groups in total.